The van der Waals surface area contributed by atoms with Gasteiger partial charge in [0.1, 0.15) is 11.1 Å². The molecule has 1 aliphatic carbocycles. The molecule has 0 bridgehead atoms. The molecule has 0 aliphatic heterocycles. The molecule has 1 aromatic rings. The molecular formula is C13H12N2O3S. The van der Waals surface area contributed by atoms with E-state index in [4.69, 9.17) is 10.4 Å². The maximum atomic E-state index is 12.1. The summed E-state index contributed by atoms with van der Waals surface area (Å²) in [6.45, 7) is 0. The zero-order valence-electron chi connectivity index (χ0n) is 10.00. The van der Waals surface area contributed by atoms with Crippen LogP contribution in [0.15, 0.2) is 23.6 Å². The van der Waals surface area contributed by atoms with Gasteiger partial charge in [0.05, 0.1) is 17.4 Å². The Bertz CT molecular complexity index is 571. The lowest BCUT2D eigenvalue weighted by Crippen LogP contribution is -2.34. The average Bonchev–Trinajstić information content (AvgIpc) is 2.85. The molecule has 0 radical (unpaired) electrons. The number of hydrogen-bond donors (Lipinski definition) is 2. The van der Waals surface area contributed by atoms with E-state index in [1.807, 2.05) is 12.1 Å². The average molecular weight is 276 g/mol. The molecule has 0 aromatic carbocycles. The number of hydrogen-bond acceptors (Lipinski definition) is 4. The molecule has 6 heteroatoms. The van der Waals surface area contributed by atoms with E-state index in [2.05, 4.69) is 5.32 Å². The Morgan fingerprint density at radius 3 is 2.68 bits per heavy atom. The number of thiophene rings is 1. The lowest BCUT2D eigenvalue weighted by Gasteiger charge is -2.23. The summed E-state index contributed by atoms with van der Waals surface area (Å²) in [5.74, 6) is -2.58. The maximum Gasteiger partial charge on any atom is 0.307 e. The van der Waals surface area contributed by atoms with E-state index in [1.165, 1.54) is 11.3 Å². The number of rotatable bonds is 3. The highest BCUT2D eigenvalue weighted by Crippen LogP contribution is 2.29. The van der Waals surface area contributed by atoms with E-state index in [-0.39, 0.29) is 5.91 Å². The molecule has 1 heterocycles. The number of amides is 1. The van der Waals surface area contributed by atoms with E-state index in [1.54, 1.807) is 17.5 Å². The summed E-state index contributed by atoms with van der Waals surface area (Å²) >= 11 is 1.26. The number of carboxylic acids is 1. The van der Waals surface area contributed by atoms with Crippen molar-refractivity contribution in [2.45, 2.75) is 12.8 Å². The second-order valence-electron chi connectivity index (χ2n) is 4.26. The molecular weight excluding hydrogens is 264 g/mol. The Morgan fingerprint density at radius 2 is 2.05 bits per heavy atom. The molecule has 2 atom stereocenters. The van der Waals surface area contributed by atoms with Gasteiger partial charge in [-0.1, -0.05) is 12.2 Å². The minimum absolute atomic E-state index is 0.337. The van der Waals surface area contributed by atoms with Crippen LogP contribution in [0.25, 0.3) is 0 Å². The predicted molar refractivity (Wildman–Crippen MR) is 70.7 cm³/mol. The van der Waals surface area contributed by atoms with E-state index in [0.29, 0.717) is 23.4 Å². The van der Waals surface area contributed by atoms with Gasteiger partial charge in [-0.3, -0.25) is 9.59 Å². The van der Waals surface area contributed by atoms with Crippen LogP contribution in [-0.4, -0.2) is 17.0 Å². The van der Waals surface area contributed by atoms with Gasteiger partial charge in [-0.05, 0) is 24.3 Å². The standard InChI is InChI=1S/C13H12N2O3S/c14-7-8-5-6-19-12(8)15-11(16)9-3-1-2-4-10(9)13(17)18/h1-2,5-6,9-10H,3-4H2,(H,15,16)(H,17,18)/t9-,10+/m0/s1. The monoisotopic (exact) mass is 276 g/mol. The summed E-state index contributed by atoms with van der Waals surface area (Å²) in [6, 6.07) is 3.60. The normalized spacial score (nSPS) is 21.6. The van der Waals surface area contributed by atoms with Gasteiger partial charge in [0.25, 0.3) is 0 Å². The third-order valence-corrected chi connectivity index (χ3v) is 3.94. The van der Waals surface area contributed by atoms with E-state index in [9.17, 15) is 9.59 Å². The molecule has 98 valence electrons. The SMILES string of the molecule is N#Cc1ccsc1NC(=O)[C@H]1CC=CC[C@H]1C(=O)O. The lowest BCUT2D eigenvalue weighted by molar-refractivity contribution is -0.146. The predicted octanol–water partition coefficient (Wildman–Crippen LogP) is 2.23. The molecule has 2 N–H and O–H groups in total. The van der Waals surface area contributed by atoms with Gasteiger partial charge in [-0.2, -0.15) is 5.26 Å². The van der Waals surface area contributed by atoms with Crippen LogP contribution in [0.1, 0.15) is 18.4 Å². The summed E-state index contributed by atoms with van der Waals surface area (Å²) in [4.78, 5) is 23.3. The first-order valence-electron chi connectivity index (χ1n) is 5.79. The van der Waals surface area contributed by atoms with Crippen LogP contribution in [0.3, 0.4) is 0 Å². The molecule has 2 rings (SSSR count). The minimum atomic E-state index is -0.962. The highest BCUT2D eigenvalue weighted by atomic mass is 32.1. The Labute approximate surface area is 114 Å². The summed E-state index contributed by atoms with van der Waals surface area (Å²) in [6.07, 6.45) is 4.39. The summed E-state index contributed by atoms with van der Waals surface area (Å²) < 4.78 is 0. The highest BCUT2D eigenvalue weighted by molar-refractivity contribution is 7.14. The fourth-order valence-corrected chi connectivity index (χ4v) is 2.82. The third kappa shape index (κ3) is 2.83. The number of carboxylic acid groups (broad SMARTS) is 1. The first-order valence-corrected chi connectivity index (χ1v) is 6.67. The number of nitrogens with one attached hydrogen (secondary N) is 1. The van der Waals surface area contributed by atoms with Crippen molar-refractivity contribution in [3.63, 3.8) is 0 Å². The first-order chi connectivity index (χ1) is 9.13. The van der Waals surface area contributed by atoms with Gasteiger partial charge < -0.3 is 10.4 Å². The Kier molecular flexibility index (Phi) is 3.97. The summed E-state index contributed by atoms with van der Waals surface area (Å²) in [5, 5.41) is 22.8. The van der Waals surface area contributed by atoms with E-state index >= 15 is 0 Å². The van der Waals surface area contributed by atoms with Crippen molar-refractivity contribution in [2.75, 3.05) is 5.32 Å². The molecule has 1 aliphatic rings. The Balaban J connectivity index is 2.13. The zero-order valence-corrected chi connectivity index (χ0v) is 10.8. The Morgan fingerprint density at radius 1 is 1.37 bits per heavy atom. The van der Waals surface area contributed by atoms with Crippen molar-refractivity contribution in [3.8, 4) is 6.07 Å². The van der Waals surface area contributed by atoms with Crippen molar-refractivity contribution < 1.29 is 14.7 Å². The first kappa shape index (κ1) is 13.3. The molecule has 0 saturated heterocycles. The van der Waals surface area contributed by atoms with Gasteiger partial charge >= 0.3 is 5.97 Å². The molecule has 0 saturated carbocycles. The van der Waals surface area contributed by atoms with Crippen LogP contribution < -0.4 is 5.32 Å². The number of carbonyl (C=O) groups excluding carboxylic acids is 1. The van der Waals surface area contributed by atoms with Crippen molar-refractivity contribution in [1.82, 2.24) is 0 Å². The van der Waals surface area contributed by atoms with E-state index in [0.717, 1.165) is 0 Å². The van der Waals surface area contributed by atoms with Crippen LogP contribution >= 0.6 is 11.3 Å². The third-order valence-electron chi connectivity index (χ3n) is 3.11. The van der Waals surface area contributed by atoms with Crippen molar-refractivity contribution in [3.05, 3.63) is 29.2 Å². The molecule has 0 unspecified atom stereocenters. The van der Waals surface area contributed by atoms with Crippen LogP contribution in [0.5, 0.6) is 0 Å². The maximum absolute atomic E-state index is 12.1. The molecule has 19 heavy (non-hydrogen) atoms. The van der Waals surface area contributed by atoms with Gasteiger partial charge in [0.2, 0.25) is 5.91 Å². The van der Waals surface area contributed by atoms with E-state index < -0.39 is 17.8 Å². The second kappa shape index (κ2) is 5.67. The zero-order chi connectivity index (χ0) is 13.8. The number of allylic oxidation sites excluding steroid dienone is 2. The number of nitrogens with zero attached hydrogens (tertiary/aromatic N) is 1. The minimum Gasteiger partial charge on any atom is -0.481 e. The lowest BCUT2D eigenvalue weighted by atomic mass is 9.82. The molecule has 0 spiro atoms. The fraction of sp³-hybridized carbons (Fsp3) is 0.308. The van der Waals surface area contributed by atoms with Gasteiger partial charge in [0.15, 0.2) is 0 Å². The molecule has 1 aromatic heterocycles. The number of aliphatic carboxylic acids is 1. The Hall–Kier alpha value is -2.13. The van der Waals surface area contributed by atoms with Gasteiger partial charge in [0, 0.05) is 0 Å². The molecule has 5 nitrogen and oxygen atoms in total. The van der Waals surface area contributed by atoms with Gasteiger partial charge in [-0.15, -0.1) is 11.3 Å². The van der Waals surface area contributed by atoms with Crippen molar-refractivity contribution in [1.29, 1.82) is 5.26 Å². The van der Waals surface area contributed by atoms with Crippen LogP contribution in [0, 0.1) is 23.2 Å². The highest BCUT2D eigenvalue weighted by Gasteiger charge is 2.34. The topological polar surface area (TPSA) is 90.2 Å². The van der Waals surface area contributed by atoms with Crippen molar-refractivity contribution in [2.24, 2.45) is 11.8 Å². The van der Waals surface area contributed by atoms with Crippen LogP contribution in [0.4, 0.5) is 5.00 Å². The largest absolute Gasteiger partial charge is 0.481 e. The second-order valence-corrected chi connectivity index (χ2v) is 5.17. The molecule has 0 fully saturated rings. The quantitative estimate of drug-likeness (QED) is 0.828. The molecule has 1 amide bonds. The number of anilines is 1. The van der Waals surface area contributed by atoms with Crippen LogP contribution in [-0.2, 0) is 9.59 Å². The summed E-state index contributed by atoms with van der Waals surface area (Å²) in [5.41, 5.74) is 0.400. The fourth-order valence-electron chi connectivity index (χ4n) is 2.08. The van der Waals surface area contributed by atoms with Crippen molar-refractivity contribution >= 4 is 28.2 Å². The smallest absolute Gasteiger partial charge is 0.307 e. The number of carbonyl (C=O) groups is 2. The van der Waals surface area contributed by atoms with Crippen LogP contribution in [0.2, 0.25) is 0 Å². The summed E-state index contributed by atoms with van der Waals surface area (Å²) in [7, 11) is 0. The van der Waals surface area contributed by atoms with Gasteiger partial charge in [-0.25, -0.2) is 0 Å². The number of nitriles is 1.